The van der Waals surface area contributed by atoms with Crippen LogP contribution in [0.25, 0.3) is 0 Å². The fourth-order valence-electron chi connectivity index (χ4n) is 1.76. The highest BCUT2D eigenvalue weighted by atomic mass is 16.5. The molecule has 2 aromatic rings. The van der Waals surface area contributed by atoms with Crippen LogP contribution >= 0.6 is 0 Å². The molecule has 0 unspecified atom stereocenters. The fourth-order valence-corrected chi connectivity index (χ4v) is 1.76. The van der Waals surface area contributed by atoms with Crippen molar-refractivity contribution in [2.45, 2.75) is 0 Å². The monoisotopic (exact) mass is 241 g/mol. The van der Waals surface area contributed by atoms with Gasteiger partial charge in [0.2, 0.25) is 5.78 Å². The van der Waals surface area contributed by atoms with Crippen LogP contribution in [-0.4, -0.2) is 20.0 Å². The number of benzene rings is 2. The van der Waals surface area contributed by atoms with E-state index in [0.29, 0.717) is 22.6 Å². The summed E-state index contributed by atoms with van der Waals surface area (Å²) in [7, 11) is 3.06. The summed E-state index contributed by atoms with van der Waals surface area (Å²) < 4.78 is 10.4. The standard InChI is InChI=1S/C15H13O3/c1-17-12-9-6-10-13(18-2)14(12)15(16)11-7-4-3-5-8-11/h4-10H,1-2H3. The Morgan fingerprint density at radius 3 is 2.06 bits per heavy atom. The summed E-state index contributed by atoms with van der Waals surface area (Å²) in [5.41, 5.74) is 1.02. The van der Waals surface area contributed by atoms with Gasteiger partial charge in [0.1, 0.15) is 17.1 Å². The molecule has 0 aliphatic heterocycles. The fraction of sp³-hybridized carbons (Fsp3) is 0.133. The predicted octanol–water partition coefficient (Wildman–Crippen LogP) is 2.73. The number of ether oxygens (including phenoxy) is 2. The van der Waals surface area contributed by atoms with Crippen molar-refractivity contribution in [2.24, 2.45) is 0 Å². The molecule has 0 spiro atoms. The summed E-state index contributed by atoms with van der Waals surface area (Å²) in [6, 6.07) is 15.0. The summed E-state index contributed by atoms with van der Waals surface area (Å²) >= 11 is 0. The SMILES string of the molecule is COc1cccc(OC)c1C(=O)c1cc[c]cc1. The number of hydrogen-bond donors (Lipinski definition) is 0. The molecule has 18 heavy (non-hydrogen) atoms. The van der Waals surface area contributed by atoms with Crippen molar-refractivity contribution in [1.29, 1.82) is 0 Å². The molecule has 0 saturated carbocycles. The van der Waals surface area contributed by atoms with E-state index in [4.69, 9.17) is 9.47 Å². The highest BCUT2D eigenvalue weighted by Gasteiger charge is 2.19. The Balaban J connectivity index is 2.53. The third-order valence-electron chi connectivity index (χ3n) is 2.64. The molecule has 0 bridgehead atoms. The topological polar surface area (TPSA) is 35.5 Å². The molecule has 0 N–H and O–H groups in total. The number of rotatable bonds is 4. The van der Waals surface area contributed by atoms with Gasteiger partial charge in [-0.3, -0.25) is 4.79 Å². The quantitative estimate of drug-likeness (QED) is 0.772. The van der Waals surface area contributed by atoms with Crippen molar-refractivity contribution in [3.63, 3.8) is 0 Å². The molecule has 2 aromatic carbocycles. The lowest BCUT2D eigenvalue weighted by Gasteiger charge is -2.11. The first-order chi connectivity index (χ1) is 8.77. The number of carbonyl (C=O) groups is 1. The Morgan fingerprint density at radius 1 is 1.00 bits per heavy atom. The van der Waals surface area contributed by atoms with Crippen LogP contribution in [0.1, 0.15) is 15.9 Å². The Morgan fingerprint density at radius 2 is 1.56 bits per heavy atom. The summed E-state index contributed by atoms with van der Waals surface area (Å²) in [5.74, 6) is 0.887. The lowest BCUT2D eigenvalue weighted by atomic mass is 10.0. The van der Waals surface area contributed by atoms with E-state index in [1.165, 1.54) is 14.2 Å². The zero-order valence-corrected chi connectivity index (χ0v) is 10.3. The van der Waals surface area contributed by atoms with Crippen molar-refractivity contribution in [3.05, 3.63) is 59.7 Å². The van der Waals surface area contributed by atoms with Gasteiger partial charge in [-0.25, -0.2) is 0 Å². The maximum atomic E-state index is 12.4. The van der Waals surface area contributed by atoms with Gasteiger partial charge in [-0.05, 0) is 18.2 Å². The van der Waals surface area contributed by atoms with Crippen LogP contribution in [0.3, 0.4) is 0 Å². The number of carbonyl (C=O) groups excluding carboxylic acids is 1. The Labute approximate surface area is 106 Å². The van der Waals surface area contributed by atoms with Gasteiger partial charge in [0.05, 0.1) is 14.2 Å². The maximum absolute atomic E-state index is 12.4. The molecule has 0 amide bonds. The van der Waals surface area contributed by atoms with Crippen LogP contribution in [-0.2, 0) is 0 Å². The summed E-state index contributed by atoms with van der Waals surface area (Å²) in [5, 5.41) is 0. The third-order valence-corrected chi connectivity index (χ3v) is 2.64. The van der Waals surface area contributed by atoms with Gasteiger partial charge in [-0.1, -0.05) is 30.3 Å². The average Bonchev–Trinajstić information content (AvgIpc) is 2.46. The molecule has 0 heterocycles. The van der Waals surface area contributed by atoms with Crippen LogP contribution in [0.4, 0.5) is 0 Å². The third kappa shape index (κ3) is 2.20. The van der Waals surface area contributed by atoms with Gasteiger partial charge in [0.25, 0.3) is 0 Å². The molecule has 91 valence electrons. The van der Waals surface area contributed by atoms with Gasteiger partial charge in [0.15, 0.2) is 0 Å². The van der Waals surface area contributed by atoms with Gasteiger partial charge in [-0.2, -0.15) is 0 Å². The second-order valence-corrected chi connectivity index (χ2v) is 3.66. The van der Waals surface area contributed by atoms with Gasteiger partial charge < -0.3 is 9.47 Å². The molecule has 0 saturated heterocycles. The van der Waals surface area contributed by atoms with E-state index in [9.17, 15) is 4.79 Å². The number of ketones is 1. The lowest BCUT2D eigenvalue weighted by Crippen LogP contribution is -2.06. The minimum absolute atomic E-state index is 0.127. The first-order valence-corrected chi connectivity index (χ1v) is 5.49. The van der Waals surface area contributed by atoms with E-state index in [-0.39, 0.29) is 5.78 Å². The smallest absolute Gasteiger partial charge is 0.200 e. The molecule has 1 radical (unpaired) electrons. The van der Waals surface area contributed by atoms with Crippen LogP contribution in [0.2, 0.25) is 0 Å². The van der Waals surface area contributed by atoms with E-state index >= 15 is 0 Å². The average molecular weight is 241 g/mol. The van der Waals surface area contributed by atoms with E-state index in [2.05, 4.69) is 6.07 Å². The van der Waals surface area contributed by atoms with Crippen molar-refractivity contribution < 1.29 is 14.3 Å². The molecule has 3 heteroatoms. The molecule has 0 atom stereocenters. The highest BCUT2D eigenvalue weighted by Crippen LogP contribution is 2.30. The molecular weight excluding hydrogens is 228 g/mol. The molecule has 3 nitrogen and oxygen atoms in total. The van der Waals surface area contributed by atoms with Gasteiger partial charge in [0, 0.05) is 5.56 Å². The molecule has 2 rings (SSSR count). The molecule has 0 aliphatic rings. The number of methoxy groups -OCH3 is 2. The minimum atomic E-state index is -0.127. The van der Waals surface area contributed by atoms with Crippen molar-refractivity contribution in [3.8, 4) is 11.5 Å². The molecular formula is C15H13O3. The number of hydrogen-bond acceptors (Lipinski definition) is 3. The van der Waals surface area contributed by atoms with E-state index in [1.807, 2.05) is 0 Å². The van der Waals surface area contributed by atoms with Crippen LogP contribution < -0.4 is 9.47 Å². The molecule has 0 aliphatic carbocycles. The lowest BCUT2D eigenvalue weighted by molar-refractivity contribution is 0.103. The Kier molecular flexibility index (Phi) is 3.63. The largest absolute Gasteiger partial charge is 0.496 e. The molecule has 0 fully saturated rings. The zero-order valence-electron chi connectivity index (χ0n) is 10.3. The van der Waals surface area contributed by atoms with Crippen LogP contribution in [0.15, 0.2) is 42.5 Å². The van der Waals surface area contributed by atoms with Gasteiger partial charge >= 0.3 is 0 Å². The zero-order chi connectivity index (χ0) is 13.0. The predicted molar refractivity (Wildman–Crippen MR) is 68.3 cm³/mol. The molecule has 0 aromatic heterocycles. The Hall–Kier alpha value is -2.29. The Bertz CT molecular complexity index is 525. The second-order valence-electron chi connectivity index (χ2n) is 3.66. The van der Waals surface area contributed by atoms with Crippen molar-refractivity contribution in [2.75, 3.05) is 14.2 Å². The highest BCUT2D eigenvalue weighted by molar-refractivity contribution is 6.12. The first kappa shape index (κ1) is 12.2. The van der Waals surface area contributed by atoms with E-state index < -0.39 is 0 Å². The van der Waals surface area contributed by atoms with E-state index in [1.54, 1.807) is 42.5 Å². The van der Waals surface area contributed by atoms with E-state index in [0.717, 1.165) is 0 Å². The normalized spacial score (nSPS) is 9.89. The van der Waals surface area contributed by atoms with Crippen LogP contribution in [0.5, 0.6) is 11.5 Å². The second kappa shape index (κ2) is 5.36. The van der Waals surface area contributed by atoms with Gasteiger partial charge in [-0.15, -0.1) is 0 Å². The summed E-state index contributed by atoms with van der Waals surface area (Å²) in [6.07, 6.45) is 0. The van der Waals surface area contributed by atoms with Crippen molar-refractivity contribution >= 4 is 5.78 Å². The minimum Gasteiger partial charge on any atom is -0.496 e. The first-order valence-electron chi connectivity index (χ1n) is 5.49. The maximum Gasteiger partial charge on any atom is 0.200 e. The van der Waals surface area contributed by atoms with Crippen molar-refractivity contribution in [1.82, 2.24) is 0 Å². The summed E-state index contributed by atoms with van der Waals surface area (Å²) in [6.45, 7) is 0. The summed E-state index contributed by atoms with van der Waals surface area (Å²) in [4.78, 5) is 12.4. The van der Waals surface area contributed by atoms with Crippen LogP contribution in [0, 0.1) is 6.07 Å².